The van der Waals surface area contributed by atoms with Crippen LogP contribution in [-0.4, -0.2) is 31.1 Å². The predicted molar refractivity (Wildman–Crippen MR) is 87.3 cm³/mol. The molecule has 0 heterocycles. The molecule has 1 aromatic carbocycles. The fourth-order valence-electron chi connectivity index (χ4n) is 1.44. The lowest BCUT2D eigenvalue weighted by atomic mass is 10.1. The zero-order valence-corrected chi connectivity index (χ0v) is 13.9. The molecule has 0 aliphatic rings. The Bertz CT molecular complexity index is 483. The Morgan fingerprint density at radius 3 is 2.32 bits per heavy atom. The quantitative estimate of drug-likeness (QED) is 0.590. The number of methoxy groups -OCH3 is 1. The van der Waals surface area contributed by atoms with Gasteiger partial charge in [-0.15, -0.1) is 12.4 Å². The van der Waals surface area contributed by atoms with E-state index in [4.69, 9.17) is 10.5 Å². The van der Waals surface area contributed by atoms with Crippen LogP contribution in [0.15, 0.2) is 24.3 Å². The highest BCUT2D eigenvalue weighted by molar-refractivity contribution is 5.97. The van der Waals surface area contributed by atoms with Gasteiger partial charge in [-0.2, -0.15) is 0 Å². The summed E-state index contributed by atoms with van der Waals surface area (Å²) < 4.78 is 10.0. The van der Waals surface area contributed by atoms with Gasteiger partial charge >= 0.3 is 5.97 Å². The number of amides is 1. The van der Waals surface area contributed by atoms with Crippen LogP contribution in [0.1, 0.15) is 26.7 Å². The van der Waals surface area contributed by atoms with Gasteiger partial charge < -0.3 is 20.5 Å². The van der Waals surface area contributed by atoms with Crippen molar-refractivity contribution in [2.75, 3.05) is 19.0 Å². The monoisotopic (exact) mass is 330 g/mol. The molecule has 0 saturated heterocycles. The number of carbonyl (C=O) groups excluding carboxylic acids is 2. The second-order valence-electron chi connectivity index (χ2n) is 5.23. The molecule has 124 valence electrons. The zero-order valence-electron chi connectivity index (χ0n) is 13.0. The third kappa shape index (κ3) is 7.28. The van der Waals surface area contributed by atoms with Crippen LogP contribution < -0.4 is 15.8 Å². The molecule has 0 aromatic heterocycles. The van der Waals surface area contributed by atoms with Crippen molar-refractivity contribution in [3.63, 3.8) is 0 Å². The molecule has 6 nitrogen and oxygen atoms in total. The number of ether oxygens (including phenoxy) is 2. The fraction of sp³-hybridized carbons (Fsp3) is 0.467. The SMILES string of the molecule is COC(=O)CCCOc1ccc(NC(=O)C(C)(C)N)cc1.Cl. The van der Waals surface area contributed by atoms with Crippen LogP contribution in [0.3, 0.4) is 0 Å². The molecule has 0 fully saturated rings. The second kappa shape index (κ2) is 9.27. The Hall–Kier alpha value is -1.79. The number of rotatable bonds is 7. The highest BCUT2D eigenvalue weighted by Crippen LogP contribution is 2.17. The molecule has 0 aliphatic heterocycles. The summed E-state index contributed by atoms with van der Waals surface area (Å²) in [7, 11) is 1.36. The van der Waals surface area contributed by atoms with Crippen molar-refractivity contribution < 1.29 is 19.1 Å². The molecular weight excluding hydrogens is 308 g/mol. The molecule has 0 aliphatic carbocycles. The summed E-state index contributed by atoms with van der Waals surface area (Å²) in [6.07, 6.45) is 0.919. The number of anilines is 1. The largest absolute Gasteiger partial charge is 0.494 e. The van der Waals surface area contributed by atoms with Gasteiger partial charge in [0.15, 0.2) is 0 Å². The third-order valence-electron chi connectivity index (χ3n) is 2.72. The number of carbonyl (C=O) groups is 2. The lowest BCUT2D eigenvalue weighted by Crippen LogP contribution is -2.45. The van der Waals surface area contributed by atoms with Crippen LogP contribution in [-0.2, 0) is 14.3 Å². The summed E-state index contributed by atoms with van der Waals surface area (Å²) in [4.78, 5) is 22.6. The minimum Gasteiger partial charge on any atom is -0.494 e. The Labute approximate surface area is 136 Å². The average Bonchev–Trinajstić information content (AvgIpc) is 2.44. The molecule has 0 spiro atoms. The van der Waals surface area contributed by atoms with E-state index in [2.05, 4.69) is 10.1 Å². The second-order valence-corrected chi connectivity index (χ2v) is 5.23. The number of hydrogen-bond donors (Lipinski definition) is 2. The number of hydrogen-bond acceptors (Lipinski definition) is 5. The van der Waals surface area contributed by atoms with E-state index in [9.17, 15) is 9.59 Å². The summed E-state index contributed by atoms with van der Waals surface area (Å²) in [5.41, 5.74) is 5.42. The number of nitrogens with one attached hydrogen (secondary N) is 1. The molecule has 1 aromatic rings. The normalized spacial score (nSPS) is 10.4. The van der Waals surface area contributed by atoms with Crippen molar-refractivity contribution >= 4 is 30.0 Å². The average molecular weight is 331 g/mol. The van der Waals surface area contributed by atoms with Crippen LogP contribution in [0.4, 0.5) is 5.69 Å². The van der Waals surface area contributed by atoms with Gasteiger partial charge in [-0.3, -0.25) is 9.59 Å². The molecular formula is C15H23ClN2O4. The summed E-state index contributed by atoms with van der Waals surface area (Å²) in [5.74, 6) is 0.167. The maximum Gasteiger partial charge on any atom is 0.305 e. The molecule has 7 heteroatoms. The maximum atomic E-state index is 11.7. The molecule has 0 unspecified atom stereocenters. The number of benzene rings is 1. The Balaban J connectivity index is 0.00000441. The van der Waals surface area contributed by atoms with E-state index < -0.39 is 5.54 Å². The van der Waals surface area contributed by atoms with E-state index in [1.807, 2.05) is 0 Å². The van der Waals surface area contributed by atoms with E-state index in [0.29, 0.717) is 30.9 Å². The summed E-state index contributed by atoms with van der Waals surface area (Å²) in [6, 6.07) is 6.97. The van der Waals surface area contributed by atoms with Crippen molar-refractivity contribution in [1.29, 1.82) is 0 Å². The summed E-state index contributed by atoms with van der Waals surface area (Å²) >= 11 is 0. The first kappa shape index (κ1) is 20.2. The molecule has 0 bridgehead atoms. The van der Waals surface area contributed by atoms with Gasteiger partial charge in [0, 0.05) is 12.1 Å². The van der Waals surface area contributed by atoms with E-state index in [-0.39, 0.29) is 24.3 Å². The van der Waals surface area contributed by atoms with Crippen molar-refractivity contribution in [3.05, 3.63) is 24.3 Å². The lowest BCUT2D eigenvalue weighted by Gasteiger charge is -2.17. The van der Waals surface area contributed by atoms with Gasteiger partial charge in [-0.25, -0.2) is 0 Å². The van der Waals surface area contributed by atoms with Crippen molar-refractivity contribution in [1.82, 2.24) is 0 Å². The van der Waals surface area contributed by atoms with Gasteiger partial charge in [-0.05, 0) is 44.5 Å². The van der Waals surface area contributed by atoms with Crippen LogP contribution >= 0.6 is 12.4 Å². The van der Waals surface area contributed by atoms with E-state index >= 15 is 0 Å². The molecule has 3 N–H and O–H groups in total. The zero-order chi connectivity index (χ0) is 15.9. The van der Waals surface area contributed by atoms with Gasteiger partial charge in [0.2, 0.25) is 5.91 Å². The third-order valence-corrected chi connectivity index (χ3v) is 2.72. The van der Waals surface area contributed by atoms with Crippen LogP contribution in [0.2, 0.25) is 0 Å². The smallest absolute Gasteiger partial charge is 0.305 e. The highest BCUT2D eigenvalue weighted by atomic mass is 35.5. The topological polar surface area (TPSA) is 90.6 Å². The summed E-state index contributed by atoms with van der Waals surface area (Å²) in [5, 5.41) is 2.72. The maximum absolute atomic E-state index is 11.7. The standard InChI is InChI=1S/C15H22N2O4.ClH/c1-15(2,16)14(19)17-11-6-8-12(9-7-11)21-10-4-5-13(18)20-3;/h6-9H,4-5,10,16H2,1-3H3,(H,17,19);1H. The molecule has 0 radical (unpaired) electrons. The van der Waals surface area contributed by atoms with Crippen molar-refractivity contribution in [3.8, 4) is 5.75 Å². The summed E-state index contributed by atoms with van der Waals surface area (Å²) in [6.45, 7) is 3.71. The molecule has 1 rings (SSSR count). The molecule has 0 atom stereocenters. The molecule has 22 heavy (non-hydrogen) atoms. The molecule has 1 amide bonds. The molecule has 0 saturated carbocycles. The van der Waals surface area contributed by atoms with Crippen LogP contribution in [0, 0.1) is 0 Å². The minimum atomic E-state index is -0.928. The van der Waals surface area contributed by atoms with Gasteiger partial charge in [-0.1, -0.05) is 0 Å². The van der Waals surface area contributed by atoms with Gasteiger partial charge in [0.1, 0.15) is 5.75 Å². The Morgan fingerprint density at radius 1 is 1.23 bits per heavy atom. The highest BCUT2D eigenvalue weighted by Gasteiger charge is 2.21. The van der Waals surface area contributed by atoms with Crippen LogP contribution in [0.5, 0.6) is 5.75 Å². The van der Waals surface area contributed by atoms with Gasteiger partial charge in [0.25, 0.3) is 0 Å². The number of halogens is 1. The van der Waals surface area contributed by atoms with Gasteiger partial charge in [0.05, 0.1) is 19.3 Å². The first-order chi connectivity index (χ1) is 9.82. The Morgan fingerprint density at radius 2 is 1.82 bits per heavy atom. The van der Waals surface area contributed by atoms with Crippen molar-refractivity contribution in [2.45, 2.75) is 32.2 Å². The van der Waals surface area contributed by atoms with E-state index in [1.165, 1.54) is 7.11 Å². The lowest BCUT2D eigenvalue weighted by molar-refractivity contribution is -0.140. The predicted octanol–water partition coefficient (Wildman–Crippen LogP) is 2.12. The fourth-order valence-corrected chi connectivity index (χ4v) is 1.44. The van der Waals surface area contributed by atoms with E-state index in [0.717, 1.165) is 0 Å². The Kier molecular flexibility index (Phi) is 8.52. The van der Waals surface area contributed by atoms with Crippen molar-refractivity contribution in [2.24, 2.45) is 5.73 Å². The van der Waals surface area contributed by atoms with E-state index in [1.54, 1.807) is 38.1 Å². The first-order valence-corrected chi connectivity index (χ1v) is 6.73. The minimum absolute atomic E-state index is 0. The van der Waals surface area contributed by atoms with Crippen LogP contribution in [0.25, 0.3) is 0 Å². The number of nitrogens with two attached hydrogens (primary N) is 1. The first-order valence-electron chi connectivity index (χ1n) is 6.73. The number of esters is 1.